The van der Waals surface area contributed by atoms with Gasteiger partial charge in [-0.2, -0.15) is 0 Å². The summed E-state index contributed by atoms with van der Waals surface area (Å²) in [7, 11) is 0. The molecule has 1 heterocycles. The molecule has 86 valence electrons. The highest BCUT2D eigenvalue weighted by molar-refractivity contribution is 7.09. The van der Waals surface area contributed by atoms with E-state index < -0.39 is 0 Å². The standard InChI is InChI=1S/C12H22N2S/c1-5-6-9(2)7-13-11(4)12-14-10(3)8-15-12/h8-9,11,13H,5-7H2,1-4H3. The van der Waals surface area contributed by atoms with Crippen LogP contribution in [-0.4, -0.2) is 11.5 Å². The van der Waals surface area contributed by atoms with Gasteiger partial charge in [0.1, 0.15) is 5.01 Å². The molecule has 0 bridgehead atoms. The number of hydrogen-bond acceptors (Lipinski definition) is 3. The molecule has 0 aromatic carbocycles. The first-order chi connectivity index (χ1) is 7.13. The minimum absolute atomic E-state index is 0.392. The van der Waals surface area contributed by atoms with Crippen LogP contribution in [0.1, 0.15) is 50.4 Å². The third-order valence-corrected chi connectivity index (χ3v) is 3.71. The Morgan fingerprint density at radius 2 is 2.20 bits per heavy atom. The SMILES string of the molecule is CCCC(C)CNC(C)c1nc(C)cs1. The topological polar surface area (TPSA) is 24.9 Å². The molecular formula is C12H22N2S. The van der Waals surface area contributed by atoms with Crippen LogP contribution in [0.5, 0.6) is 0 Å². The van der Waals surface area contributed by atoms with E-state index in [0.717, 1.165) is 18.2 Å². The molecule has 0 fully saturated rings. The molecule has 0 aliphatic heterocycles. The van der Waals surface area contributed by atoms with Gasteiger partial charge in [0.25, 0.3) is 0 Å². The number of rotatable bonds is 6. The van der Waals surface area contributed by atoms with E-state index in [1.54, 1.807) is 11.3 Å². The highest BCUT2D eigenvalue weighted by Crippen LogP contribution is 2.17. The maximum atomic E-state index is 4.49. The summed E-state index contributed by atoms with van der Waals surface area (Å²) in [5, 5.41) is 6.86. The Morgan fingerprint density at radius 1 is 1.47 bits per heavy atom. The average Bonchev–Trinajstić information content (AvgIpc) is 2.62. The summed E-state index contributed by atoms with van der Waals surface area (Å²) in [5.41, 5.74) is 1.13. The van der Waals surface area contributed by atoms with E-state index in [2.05, 4.69) is 36.5 Å². The van der Waals surface area contributed by atoms with Gasteiger partial charge in [0.15, 0.2) is 0 Å². The molecule has 2 unspecified atom stereocenters. The molecule has 1 aromatic heterocycles. The van der Waals surface area contributed by atoms with Gasteiger partial charge in [-0.25, -0.2) is 4.98 Å². The molecule has 0 radical (unpaired) electrons. The fourth-order valence-corrected chi connectivity index (χ4v) is 2.46. The van der Waals surface area contributed by atoms with E-state index in [1.807, 2.05) is 6.92 Å². The minimum atomic E-state index is 0.392. The van der Waals surface area contributed by atoms with Gasteiger partial charge in [0.05, 0.1) is 6.04 Å². The monoisotopic (exact) mass is 226 g/mol. The third kappa shape index (κ3) is 4.31. The lowest BCUT2D eigenvalue weighted by molar-refractivity contribution is 0.443. The molecule has 1 N–H and O–H groups in total. The first kappa shape index (κ1) is 12.7. The van der Waals surface area contributed by atoms with Crippen molar-refractivity contribution in [3.05, 3.63) is 16.1 Å². The van der Waals surface area contributed by atoms with Gasteiger partial charge >= 0.3 is 0 Å². The Morgan fingerprint density at radius 3 is 2.73 bits per heavy atom. The molecule has 0 aliphatic carbocycles. The lowest BCUT2D eigenvalue weighted by atomic mass is 10.1. The van der Waals surface area contributed by atoms with Crippen molar-refractivity contribution in [1.29, 1.82) is 0 Å². The number of aromatic nitrogens is 1. The molecule has 0 saturated carbocycles. The van der Waals surface area contributed by atoms with Crippen LogP contribution in [0.4, 0.5) is 0 Å². The predicted molar refractivity (Wildman–Crippen MR) is 67.3 cm³/mol. The van der Waals surface area contributed by atoms with Crippen LogP contribution in [-0.2, 0) is 0 Å². The lowest BCUT2D eigenvalue weighted by Gasteiger charge is -2.15. The highest BCUT2D eigenvalue weighted by Gasteiger charge is 2.09. The van der Waals surface area contributed by atoms with Gasteiger partial charge in [-0.05, 0) is 32.7 Å². The Labute approximate surface area is 97.1 Å². The summed E-state index contributed by atoms with van der Waals surface area (Å²) in [5.74, 6) is 0.763. The average molecular weight is 226 g/mol. The van der Waals surface area contributed by atoms with Gasteiger partial charge in [-0.3, -0.25) is 0 Å². The fourth-order valence-electron chi connectivity index (χ4n) is 1.63. The normalized spacial score (nSPS) is 15.2. The zero-order valence-corrected chi connectivity index (χ0v) is 11.0. The molecule has 3 heteroatoms. The molecule has 2 nitrogen and oxygen atoms in total. The van der Waals surface area contributed by atoms with Crippen LogP contribution in [0.3, 0.4) is 0 Å². The summed E-state index contributed by atoms with van der Waals surface area (Å²) >= 11 is 1.75. The quantitative estimate of drug-likeness (QED) is 0.802. The van der Waals surface area contributed by atoms with Crippen LogP contribution in [0.15, 0.2) is 5.38 Å². The molecule has 15 heavy (non-hydrogen) atoms. The molecule has 2 atom stereocenters. The molecule has 0 saturated heterocycles. The van der Waals surface area contributed by atoms with E-state index >= 15 is 0 Å². The summed E-state index contributed by atoms with van der Waals surface area (Å²) in [6, 6.07) is 0.392. The van der Waals surface area contributed by atoms with Crippen molar-refractivity contribution in [1.82, 2.24) is 10.3 Å². The second-order valence-electron chi connectivity index (χ2n) is 4.35. The number of hydrogen-bond donors (Lipinski definition) is 1. The zero-order chi connectivity index (χ0) is 11.3. The van der Waals surface area contributed by atoms with Crippen molar-refractivity contribution < 1.29 is 0 Å². The van der Waals surface area contributed by atoms with E-state index in [1.165, 1.54) is 17.8 Å². The number of nitrogens with one attached hydrogen (secondary N) is 1. The Bertz CT molecular complexity index is 283. The van der Waals surface area contributed by atoms with Gasteiger partial charge in [0, 0.05) is 11.1 Å². The van der Waals surface area contributed by atoms with E-state index in [9.17, 15) is 0 Å². The Kier molecular flexibility index (Phi) is 5.26. The van der Waals surface area contributed by atoms with Crippen molar-refractivity contribution in [3.63, 3.8) is 0 Å². The molecule has 0 aliphatic rings. The molecule has 0 spiro atoms. The molecule has 0 amide bonds. The minimum Gasteiger partial charge on any atom is -0.308 e. The molecular weight excluding hydrogens is 204 g/mol. The Balaban J connectivity index is 2.33. The van der Waals surface area contributed by atoms with Gasteiger partial charge in [-0.15, -0.1) is 11.3 Å². The lowest BCUT2D eigenvalue weighted by Crippen LogP contribution is -2.24. The number of nitrogens with zero attached hydrogens (tertiary/aromatic N) is 1. The summed E-state index contributed by atoms with van der Waals surface area (Å²) in [6.45, 7) is 9.87. The Hall–Kier alpha value is -0.410. The highest BCUT2D eigenvalue weighted by atomic mass is 32.1. The van der Waals surface area contributed by atoms with Crippen LogP contribution in [0.2, 0.25) is 0 Å². The van der Waals surface area contributed by atoms with Gasteiger partial charge in [0.2, 0.25) is 0 Å². The summed E-state index contributed by atoms with van der Waals surface area (Å²) in [6.07, 6.45) is 2.57. The van der Waals surface area contributed by atoms with Crippen molar-refractivity contribution in [2.24, 2.45) is 5.92 Å². The van der Waals surface area contributed by atoms with Crippen LogP contribution < -0.4 is 5.32 Å². The number of aryl methyl sites for hydroxylation is 1. The van der Waals surface area contributed by atoms with Gasteiger partial charge < -0.3 is 5.32 Å². The van der Waals surface area contributed by atoms with Crippen LogP contribution in [0, 0.1) is 12.8 Å². The maximum absolute atomic E-state index is 4.49. The first-order valence-electron chi connectivity index (χ1n) is 5.78. The second kappa shape index (κ2) is 6.23. The van der Waals surface area contributed by atoms with E-state index in [-0.39, 0.29) is 0 Å². The fraction of sp³-hybridized carbons (Fsp3) is 0.750. The molecule has 1 rings (SSSR count). The van der Waals surface area contributed by atoms with E-state index in [0.29, 0.717) is 6.04 Å². The van der Waals surface area contributed by atoms with Gasteiger partial charge in [-0.1, -0.05) is 20.3 Å². The number of thiazole rings is 1. The van der Waals surface area contributed by atoms with Crippen LogP contribution >= 0.6 is 11.3 Å². The summed E-state index contributed by atoms with van der Waals surface area (Å²) in [4.78, 5) is 4.49. The molecule has 1 aromatic rings. The van der Waals surface area contributed by atoms with Crippen molar-refractivity contribution >= 4 is 11.3 Å². The second-order valence-corrected chi connectivity index (χ2v) is 5.24. The zero-order valence-electron chi connectivity index (χ0n) is 10.2. The van der Waals surface area contributed by atoms with Crippen LogP contribution in [0.25, 0.3) is 0 Å². The first-order valence-corrected chi connectivity index (χ1v) is 6.66. The third-order valence-electron chi connectivity index (χ3n) is 2.56. The van der Waals surface area contributed by atoms with Crippen molar-refractivity contribution in [2.75, 3.05) is 6.54 Å². The van der Waals surface area contributed by atoms with Crippen molar-refractivity contribution in [2.45, 2.75) is 46.6 Å². The van der Waals surface area contributed by atoms with E-state index in [4.69, 9.17) is 0 Å². The maximum Gasteiger partial charge on any atom is 0.110 e. The summed E-state index contributed by atoms with van der Waals surface area (Å²) < 4.78 is 0. The van der Waals surface area contributed by atoms with Crippen molar-refractivity contribution in [3.8, 4) is 0 Å². The largest absolute Gasteiger partial charge is 0.308 e. The smallest absolute Gasteiger partial charge is 0.110 e. The predicted octanol–water partition coefficient (Wildman–Crippen LogP) is 3.54.